The van der Waals surface area contributed by atoms with E-state index >= 15 is 0 Å². The number of hydrogen-bond acceptors (Lipinski definition) is 7. The second-order valence-corrected chi connectivity index (χ2v) is 7.65. The summed E-state index contributed by atoms with van der Waals surface area (Å²) >= 11 is 0. The molecule has 152 valence electrons. The first-order valence-electron chi connectivity index (χ1n) is 9.32. The minimum absolute atomic E-state index is 0.382. The van der Waals surface area contributed by atoms with Crippen molar-refractivity contribution in [3.8, 4) is 0 Å². The molecule has 0 aliphatic carbocycles. The zero-order valence-electron chi connectivity index (χ0n) is 16.5. The quantitative estimate of drug-likeness (QED) is 0.328. The number of amides is 2. The highest BCUT2D eigenvalue weighted by atomic mass is 16.7. The van der Waals surface area contributed by atoms with Gasteiger partial charge in [-0.1, -0.05) is 23.8 Å². The summed E-state index contributed by atoms with van der Waals surface area (Å²) < 4.78 is 16.3. The lowest BCUT2D eigenvalue weighted by molar-refractivity contribution is -0.226. The summed E-state index contributed by atoms with van der Waals surface area (Å²) in [6.45, 7) is 6.09. The van der Waals surface area contributed by atoms with Gasteiger partial charge in [-0.15, -0.1) is 0 Å². The molecule has 3 aliphatic heterocycles. The highest BCUT2D eigenvalue weighted by molar-refractivity contribution is 6.23. The lowest BCUT2D eigenvalue weighted by Gasteiger charge is -2.34. The predicted octanol–water partition coefficient (Wildman–Crippen LogP) is 1.57. The number of hydrogen-bond donors (Lipinski definition) is 0. The van der Waals surface area contributed by atoms with Crippen LogP contribution in [0.4, 0.5) is 5.69 Å². The van der Waals surface area contributed by atoms with Crippen LogP contribution in [0.15, 0.2) is 30.4 Å². The lowest BCUT2D eigenvalue weighted by atomic mass is 9.76. The molecule has 2 fully saturated rings. The van der Waals surface area contributed by atoms with Crippen LogP contribution in [-0.2, 0) is 33.4 Å². The first-order valence-corrected chi connectivity index (χ1v) is 9.32. The summed E-state index contributed by atoms with van der Waals surface area (Å²) in [6.07, 6.45) is 1.08. The summed E-state index contributed by atoms with van der Waals surface area (Å²) in [7, 11) is 0. The minimum Gasteiger partial charge on any atom is -0.422 e. The van der Waals surface area contributed by atoms with Gasteiger partial charge in [-0.25, -0.2) is 4.90 Å². The van der Waals surface area contributed by atoms with Gasteiger partial charge in [0.1, 0.15) is 0 Å². The zero-order valence-corrected chi connectivity index (χ0v) is 16.5. The monoisotopic (exact) mass is 399 g/mol. The van der Waals surface area contributed by atoms with E-state index in [2.05, 4.69) is 0 Å². The lowest BCUT2D eigenvalue weighted by Crippen LogP contribution is -2.52. The molecule has 2 bridgehead atoms. The predicted molar refractivity (Wildman–Crippen MR) is 99.5 cm³/mol. The van der Waals surface area contributed by atoms with Crippen LogP contribution in [0, 0.1) is 25.7 Å². The third-order valence-electron chi connectivity index (χ3n) is 5.59. The Morgan fingerprint density at radius 2 is 1.76 bits per heavy atom. The molecule has 0 aromatic heterocycles. The van der Waals surface area contributed by atoms with Crippen LogP contribution < -0.4 is 4.90 Å². The van der Waals surface area contributed by atoms with Crippen molar-refractivity contribution in [2.75, 3.05) is 4.90 Å². The third-order valence-corrected chi connectivity index (χ3v) is 5.59. The van der Waals surface area contributed by atoms with Crippen molar-refractivity contribution in [1.82, 2.24) is 0 Å². The van der Waals surface area contributed by atoms with Crippen molar-refractivity contribution in [3.63, 3.8) is 0 Å². The van der Waals surface area contributed by atoms with Crippen LogP contribution in [0.5, 0.6) is 0 Å². The molecule has 0 saturated carbocycles. The molecule has 8 nitrogen and oxygen atoms in total. The summed E-state index contributed by atoms with van der Waals surface area (Å²) in [4.78, 5) is 51.0. The molecule has 4 rings (SSSR count). The number of esters is 2. The summed E-state index contributed by atoms with van der Waals surface area (Å²) in [5.74, 6) is -3.98. The number of imide groups is 1. The Kier molecular flexibility index (Phi) is 4.34. The van der Waals surface area contributed by atoms with Crippen LogP contribution in [-0.4, -0.2) is 41.7 Å². The summed E-state index contributed by atoms with van der Waals surface area (Å²) in [6, 6.07) is 5.46. The third kappa shape index (κ3) is 2.78. The molecule has 1 aromatic carbocycles. The van der Waals surface area contributed by atoms with Gasteiger partial charge < -0.3 is 14.2 Å². The molecule has 3 heterocycles. The van der Waals surface area contributed by atoms with Gasteiger partial charge in [0.05, 0.1) is 23.6 Å². The number of rotatable bonds is 4. The number of aryl methyl sites for hydroxylation is 2. The molecule has 1 aromatic rings. The summed E-state index contributed by atoms with van der Waals surface area (Å²) in [5, 5.41) is 0. The SMILES string of the molecule is CC(=O)OC(OC(C)=O)[C@@]12C=C[C@@H](O1)[C@@H]1C(=O)N(c3ccc(C)cc3C)C(=O)[C@H]12. The van der Waals surface area contributed by atoms with Crippen molar-refractivity contribution >= 4 is 29.4 Å². The Balaban J connectivity index is 1.76. The average Bonchev–Trinajstić information content (AvgIpc) is 3.26. The number of anilines is 1. The standard InChI is InChI=1S/C21H21NO7/c1-10-5-6-14(11(2)9-10)22-18(25)16-15-7-8-21(29-15,17(16)19(22)26)20(27-12(3)23)28-13(4)24/h5-9,15-17,20H,1-4H3/t15-,16+,17+,21+/m1/s1. The van der Waals surface area contributed by atoms with E-state index in [-0.39, 0.29) is 5.91 Å². The van der Waals surface area contributed by atoms with Crippen LogP contribution >= 0.6 is 0 Å². The molecule has 0 unspecified atom stereocenters. The molecule has 2 saturated heterocycles. The maximum Gasteiger partial charge on any atom is 0.305 e. The average molecular weight is 399 g/mol. The van der Waals surface area contributed by atoms with E-state index in [9.17, 15) is 19.2 Å². The van der Waals surface area contributed by atoms with Crippen molar-refractivity contribution in [1.29, 1.82) is 0 Å². The Morgan fingerprint density at radius 1 is 1.10 bits per heavy atom. The number of benzene rings is 1. The molecule has 3 aliphatic rings. The van der Waals surface area contributed by atoms with Crippen LogP contribution in [0.3, 0.4) is 0 Å². The maximum atomic E-state index is 13.4. The van der Waals surface area contributed by atoms with E-state index in [1.54, 1.807) is 18.2 Å². The van der Waals surface area contributed by atoms with E-state index in [1.165, 1.54) is 18.7 Å². The molecular formula is C21H21NO7. The van der Waals surface area contributed by atoms with E-state index in [0.29, 0.717) is 5.69 Å². The van der Waals surface area contributed by atoms with E-state index < -0.39 is 47.7 Å². The van der Waals surface area contributed by atoms with Crippen LogP contribution in [0.2, 0.25) is 0 Å². The number of carbonyl (C=O) groups is 4. The molecule has 0 N–H and O–H groups in total. The first-order chi connectivity index (χ1) is 13.7. The van der Waals surface area contributed by atoms with Gasteiger partial charge >= 0.3 is 11.9 Å². The smallest absolute Gasteiger partial charge is 0.305 e. The van der Waals surface area contributed by atoms with Gasteiger partial charge in [-0.3, -0.25) is 19.2 Å². The Morgan fingerprint density at radius 3 is 2.34 bits per heavy atom. The highest BCUT2D eigenvalue weighted by Crippen LogP contribution is 2.54. The summed E-state index contributed by atoms with van der Waals surface area (Å²) in [5.41, 5.74) is 0.772. The number of ether oxygens (including phenoxy) is 3. The molecule has 0 spiro atoms. The van der Waals surface area contributed by atoms with E-state index in [4.69, 9.17) is 14.2 Å². The molecule has 4 atom stereocenters. The molecule has 29 heavy (non-hydrogen) atoms. The van der Waals surface area contributed by atoms with Gasteiger partial charge in [0.15, 0.2) is 5.60 Å². The first kappa shape index (κ1) is 19.3. The highest BCUT2D eigenvalue weighted by Gasteiger charge is 2.72. The van der Waals surface area contributed by atoms with Gasteiger partial charge in [-0.05, 0) is 31.6 Å². The van der Waals surface area contributed by atoms with Crippen molar-refractivity contribution in [2.45, 2.75) is 45.7 Å². The Labute approximate surface area is 167 Å². The van der Waals surface area contributed by atoms with Crippen molar-refractivity contribution in [2.24, 2.45) is 11.8 Å². The normalized spacial score (nSPS) is 29.6. The van der Waals surface area contributed by atoms with E-state index in [1.807, 2.05) is 26.0 Å². The number of carbonyl (C=O) groups excluding carboxylic acids is 4. The van der Waals surface area contributed by atoms with Crippen LogP contribution in [0.1, 0.15) is 25.0 Å². The maximum absolute atomic E-state index is 13.4. The second-order valence-electron chi connectivity index (χ2n) is 7.65. The molecule has 0 radical (unpaired) electrons. The molecular weight excluding hydrogens is 378 g/mol. The van der Waals surface area contributed by atoms with Gasteiger partial charge in [0.25, 0.3) is 6.29 Å². The Hall–Kier alpha value is -3.00. The van der Waals surface area contributed by atoms with E-state index in [0.717, 1.165) is 11.1 Å². The molecule has 2 amide bonds. The van der Waals surface area contributed by atoms with Crippen molar-refractivity contribution < 1.29 is 33.4 Å². The number of nitrogens with zero attached hydrogens (tertiary/aromatic N) is 1. The minimum atomic E-state index is -1.53. The largest absolute Gasteiger partial charge is 0.422 e. The van der Waals surface area contributed by atoms with Gasteiger partial charge in [-0.2, -0.15) is 0 Å². The van der Waals surface area contributed by atoms with Gasteiger partial charge in [0, 0.05) is 13.8 Å². The topological polar surface area (TPSA) is 99.2 Å². The fraction of sp³-hybridized carbons (Fsp3) is 0.429. The molecule has 8 heteroatoms. The van der Waals surface area contributed by atoms with Crippen LogP contribution in [0.25, 0.3) is 0 Å². The Bertz CT molecular complexity index is 952. The second kappa shape index (κ2) is 6.52. The fourth-order valence-electron chi connectivity index (χ4n) is 4.51. The fourth-order valence-corrected chi connectivity index (χ4v) is 4.51. The number of fused-ring (bicyclic) bond motifs is 5. The zero-order chi connectivity index (χ0) is 21.1. The van der Waals surface area contributed by atoms with Crippen molar-refractivity contribution in [3.05, 3.63) is 41.5 Å². The van der Waals surface area contributed by atoms with Gasteiger partial charge in [0.2, 0.25) is 11.8 Å².